The van der Waals surface area contributed by atoms with Crippen LogP contribution >= 0.6 is 0 Å². The molecule has 31 heavy (non-hydrogen) atoms. The highest BCUT2D eigenvalue weighted by molar-refractivity contribution is 5.83. The molecule has 11 nitrogen and oxygen atoms in total. The summed E-state index contributed by atoms with van der Waals surface area (Å²) in [6.07, 6.45) is 3.39. The first-order valence-corrected chi connectivity index (χ1v) is 10.4. The molecule has 1 aliphatic heterocycles. The highest BCUT2D eigenvalue weighted by Gasteiger charge is 2.49. The van der Waals surface area contributed by atoms with Gasteiger partial charge in [-0.15, -0.1) is 0 Å². The van der Waals surface area contributed by atoms with Crippen molar-refractivity contribution in [3.63, 3.8) is 0 Å². The van der Waals surface area contributed by atoms with Gasteiger partial charge in [-0.1, -0.05) is 19.9 Å². The molecule has 1 saturated heterocycles. The van der Waals surface area contributed by atoms with Crippen molar-refractivity contribution in [2.75, 3.05) is 17.8 Å². The molecule has 0 aromatic carbocycles. The van der Waals surface area contributed by atoms with Crippen molar-refractivity contribution in [1.82, 2.24) is 19.5 Å². The van der Waals surface area contributed by atoms with Gasteiger partial charge >= 0.3 is 0 Å². The zero-order valence-corrected chi connectivity index (χ0v) is 17.4. The first kappa shape index (κ1) is 20.3. The molecule has 1 saturated carbocycles. The minimum absolute atomic E-state index is 0.146. The smallest absolute Gasteiger partial charge is 0.247 e. The van der Waals surface area contributed by atoms with E-state index in [-0.39, 0.29) is 11.8 Å². The molecule has 3 heterocycles. The molecule has 0 spiro atoms. The lowest BCUT2D eigenvalue weighted by Gasteiger charge is -2.54. The largest absolute Gasteiger partial charge is 0.394 e. The minimum atomic E-state index is -1.26. The summed E-state index contributed by atoms with van der Waals surface area (Å²) < 4.78 is 7.04. The average Bonchev–Trinajstić information content (AvgIpc) is 3.29. The number of aromatic nitrogens is 4. The fourth-order valence-electron chi connectivity index (χ4n) is 4.85. The van der Waals surface area contributed by atoms with Gasteiger partial charge in [-0.25, -0.2) is 10.4 Å². The van der Waals surface area contributed by atoms with E-state index in [1.54, 1.807) is 6.21 Å². The van der Waals surface area contributed by atoms with Crippen LogP contribution in [0.5, 0.6) is 0 Å². The molecule has 166 valence electrons. The monoisotopic (exact) mass is 429 g/mol. The van der Waals surface area contributed by atoms with Crippen molar-refractivity contribution >= 4 is 29.1 Å². The Bertz CT molecular complexity index is 1070. The number of hydrogen-bond acceptors (Lipinski definition) is 10. The molecular formula is C20H27N7O4. The molecule has 0 amide bonds. The van der Waals surface area contributed by atoms with Gasteiger partial charge in [0, 0.05) is 0 Å². The summed E-state index contributed by atoms with van der Waals surface area (Å²) in [6.45, 7) is 4.21. The Morgan fingerprint density at radius 3 is 2.81 bits per heavy atom. The molecule has 2 aromatic rings. The van der Waals surface area contributed by atoms with Crippen LogP contribution < -0.4 is 11.2 Å². The molecule has 3 aliphatic carbocycles. The van der Waals surface area contributed by atoms with Crippen LogP contribution in [0.3, 0.4) is 0 Å². The summed E-state index contributed by atoms with van der Waals surface area (Å²) >= 11 is 0. The van der Waals surface area contributed by atoms with Gasteiger partial charge in [0.2, 0.25) is 5.95 Å². The Morgan fingerprint density at radius 1 is 1.35 bits per heavy atom. The molecule has 2 bridgehead atoms. The number of anilines is 2. The van der Waals surface area contributed by atoms with Gasteiger partial charge in [0.25, 0.3) is 0 Å². The Morgan fingerprint density at radius 2 is 2.16 bits per heavy atom. The summed E-state index contributed by atoms with van der Waals surface area (Å²) in [6, 6.07) is 0. The van der Waals surface area contributed by atoms with E-state index in [1.807, 2.05) is 0 Å². The van der Waals surface area contributed by atoms with E-state index in [0.717, 1.165) is 6.42 Å². The van der Waals surface area contributed by atoms with Gasteiger partial charge in [-0.2, -0.15) is 15.1 Å². The number of fused-ring (bicyclic) bond motifs is 2. The Kier molecular flexibility index (Phi) is 4.74. The van der Waals surface area contributed by atoms with Crippen molar-refractivity contribution in [2.45, 2.75) is 51.2 Å². The number of aliphatic hydroxyl groups excluding tert-OH is 3. The van der Waals surface area contributed by atoms with Crippen molar-refractivity contribution < 1.29 is 20.1 Å². The topological polar surface area (TPSA) is 164 Å². The second-order valence-electron chi connectivity index (χ2n) is 9.16. The fraction of sp³-hybridized carbons (Fsp3) is 0.600. The summed E-state index contributed by atoms with van der Waals surface area (Å²) in [7, 11) is 0. The number of nitrogens with zero attached hydrogens (tertiary/aromatic N) is 5. The third-order valence-electron chi connectivity index (χ3n) is 7.08. The van der Waals surface area contributed by atoms with E-state index in [1.165, 1.54) is 22.9 Å². The van der Waals surface area contributed by atoms with Crippen LogP contribution in [0.2, 0.25) is 0 Å². The van der Waals surface area contributed by atoms with E-state index in [9.17, 15) is 15.3 Å². The molecule has 11 heteroatoms. The zero-order valence-electron chi connectivity index (χ0n) is 17.4. The molecule has 2 fully saturated rings. The van der Waals surface area contributed by atoms with Gasteiger partial charge in [0.1, 0.15) is 23.8 Å². The first-order chi connectivity index (χ1) is 14.8. The number of aliphatic hydroxyl groups is 3. The van der Waals surface area contributed by atoms with Gasteiger partial charge < -0.3 is 25.8 Å². The Hall–Kier alpha value is -2.60. The minimum Gasteiger partial charge on any atom is -0.394 e. The number of allylic oxidation sites excluding steroid dienone is 2. The molecular weight excluding hydrogens is 402 g/mol. The SMILES string of the molecule is CC1(C)C2C=C(/C=N/Nc3nc(N)c4ncn([C@@H]5O[C@H](CO)[C@@H](O)[C@H]5O)c4n3)CC1C2. The van der Waals surface area contributed by atoms with Gasteiger partial charge in [0.15, 0.2) is 17.7 Å². The maximum Gasteiger partial charge on any atom is 0.247 e. The number of ether oxygens (including phenoxy) is 1. The van der Waals surface area contributed by atoms with Crippen LogP contribution in [0.15, 0.2) is 23.1 Å². The number of imidazole rings is 1. The third-order valence-corrected chi connectivity index (χ3v) is 7.08. The predicted octanol–water partition coefficient (Wildman–Crippen LogP) is 0.410. The third kappa shape index (κ3) is 3.19. The number of nitrogens with two attached hydrogens (primary N) is 1. The lowest BCUT2D eigenvalue weighted by atomic mass is 9.50. The standard InChI is InChI=1S/C20H27N7O4/c1-20(2)10-3-9(4-11(20)5-10)6-23-26-19-24-16(21)13-17(25-19)27(8-22-13)18-15(30)14(29)12(7-28)31-18/h3,6,8,10-12,14-15,18,28-30H,4-5,7H2,1-2H3,(H3,21,24,25,26)/b23-6+/t10?,11?,12-,14-,15-,18-/m1/s1. The van der Waals surface area contributed by atoms with Crippen molar-refractivity contribution in [2.24, 2.45) is 22.4 Å². The molecule has 2 aromatic heterocycles. The van der Waals surface area contributed by atoms with Crippen LogP contribution in [-0.2, 0) is 4.74 Å². The second-order valence-corrected chi connectivity index (χ2v) is 9.16. The summed E-state index contributed by atoms with van der Waals surface area (Å²) in [5, 5.41) is 34.0. The van der Waals surface area contributed by atoms with E-state index >= 15 is 0 Å². The van der Waals surface area contributed by atoms with E-state index < -0.39 is 31.1 Å². The van der Waals surface area contributed by atoms with Crippen molar-refractivity contribution in [3.8, 4) is 0 Å². The summed E-state index contributed by atoms with van der Waals surface area (Å²) in [4.78, 5) is 12.8. The number of hydrogen-bond donors (Lipinski definition) is 5. The van der Waals surface area contributed by atoms with E-state index in [4.69, 9.17) is 10.5 Å². The van der Waals surface area contributed by atoms with Gasteiger partial charge in [-0.05, 0) is 35.7 Å². The Labute approximate surface area is 178 Å². The zero-order chi connectivity index (χ0) is 21.9. The van der Waals surface area contributed by atoms with E-state index in [2.05, 4.69) is 45.4 Å². The maximum absolute atomic E-state index is 10.3. The average molecular weight is 429 g/mol. The summed E-state index contributed by atoms with van der Waals surface area (Å²) in [5.41, 5.74) is 11.1. The molecule has 0 radical (unpaired) electrons. The molecule has 6 N–H and O–H groups in total. The maximum atomic E-state index is 10.3. The number of nitrogens with one attached hydrogen (secondary N) is 1. The van der Waals surface area contributed by atoms with Crippen LogP contribution in [0, 0.1) is 17.3 Å². The van der Waals surface area contributed by atoms with E-state index in [0.29, 0.717) is 28.4 Å². The fourth-order valence-corrected chi connectivity index (χ4v) is 4.85. The Balaban J connectivity index is 1.37. The predicted molar refractivity (Wildman–Crippen MR) is 113 cm³/mol. The van der Waals surface area contributed by atoms with Gasteiger partial charge in [0.05, 0.1) is 19.1 Å². The highest BCUT2D eigenvalue weighted by atomic mass is 16.6. The quantitative estimate of drug-likeness (QED) is 0.334. The second kappa shape index (κ2) is 7.23. The first-order valence-electron chi connectivity index (χ1n) is 10.4. The number of nitrogen functional groups attached to an aromatic ring is 1. The summed E-state index contributed by atoms with van der Waals surface area (Å²) in [5.74, 6) is 1.61. The van der Waals surface area contributed by atoms with Crippen LogP contribution in [-0.4, -0.2) is 66.0 Å². The number of hydrazone groups is 1. The van der Waals surface area contributed by atoms with Crippen LogP contribution in [0.4, 0.5) is 11.8 Å². The van der Waals surface area contributed by atoms with Crippen molar-refractivity contribution in [1.29, 1.82) is 0 Å². The van der Waals surface area contributed by atoms with Gasteiger partial charge in [-0.3, -0.25) is 4.57 Å². The van der Waals surface area contributed by atoms with Crippen LogP contribution in [0.1, 0.15) is 32.9 Å². The normalized spacial score (nSPS) is 34.2. The molecule has 6 rings (SSSR count). The van der Waals surface area contributed by atoms with Crippen LogP contribution in [0.25, 0.3) is 11.2 Å². The lowest BCUT2D eigenvalue weighted by Crippen LogP contribution is -2.46. The van der Waals surface area contributed by atoms with Crippen molar-refractivity contribution in [3.05, 3.63) is 18.0 Å². The highest BCUT2D eigenvalue weighted by Crippen LogP contribution is 2.57. The lowest BCUT2D eigenvalue weighted by molar-refractivity contribution is -0.0511. The molecule has 6 atom stereocenters. The molecule has 4 aliphatic rings. The molecule has 2 unspecified atom stereocenters. The number of rotatable bonds is 5.